The van der Waals surface area contributed by atoms with Gasteiger partial charge in [-0.15, -0.1) is 0 Å². The van der Waals surface area contributed by atoms with Crippen LogP contribution >= 0.6 is 0 Å². The summed E-state index contributed by atoms with van der Waals surface area (Å²) in [4.78, 5) is 9.08. The van der Waals surface area contributed by atoms with E-state index in [-0.39, 0.29) is 0 Å². The van der Waals surface area contributed by atoms with E-state index >= 15 is 0 Å². The number of guanidine groups is 1. The molecular formula is C17H30N4. The molecule has 118 valence electrons. The summed E-state index contributed by atoms with van der Waals surface area (Å²) in [6.45, 7) is 6.97. The van der Waals surface area contributed by atoms with Crippen molar-refractivity contribution in [2.24, 2.45) is 4.99 Å². The van der Waals surface area contributed by atoms with E-state index in [0.29, 0.717) is 6.54 Å². The molecule has 0 fully saturated rings. The number of aliphatic imine (C=N–C) groups is 1. The number of rotatable bonds is 7. The van der Waals surface area contributed by atoms with Gasteiger partial charge in [0, 0.05) is 39.9 Å². The van der Waals surface area contributed by atoms with Crippen LogP contribution < -0.4 is 10.2 Å². The Balaban J connectivity index is 2.75. The molecule has 4 nitrogen and oxygen atoms in total. The van der Waals surface area contributed by atoms with Gasteiger partial charge >= 0.3 is 0 Å². The maximum Gasteiger partial charge on any atom is 0.193 e. The fraction of sp³-hybridized carbons (Fsp3) is 0.588. The molecule has 1 rings (SSSR count). The van der Waals surface area contributed by atoms with Gasteiger partial charge in [0.1, 0.15) is 0 Å². The Hall–Kier alpha value is -1.71. The maximum absolute atomic E-state index is 4.75. The van der Waals surface area contributed by atoms with Crippen LogP contribution in [0.25, 0.3) is 0 Å². The molecular weight excluding hydrogens is 260 g/mol. The predicted octanol–water partition coefficient (Wildman–Crippen LogP) is 2.95. The molecule has 0 saturated carbocycles. The van der Waals surface area contributed by atoms with Gasteiger partial charge in [0.2, 0.25) is 0 Å². The maximum atomic E-state index is 4.75. The van der Waals surface area contributed by atoms with E-state index < -0.39 is 0 Å². The Kier molecular flexibility index (Phi) is 7.65. The van der Waals surface area contributed by atoms with Gasteiger partial charge < -0.3 is 15.1 Å². The lowest BCUT2D eigenvalue weighted by molar-refractivity contribution is 0.465. The van der Waals surface area contributed by atoms with Gasteiger partial charge in [0.25, 0.3) is 0 Å². The minimum Gasteiger partial charge on any atom is -0.378 e. The first kappa shape index (κ1) is 17.3. The van der Waals surface area contributed by atoms with Gasteiger partial charge in [-0.2, -0.15) is 0 Å². The topological polar surface area (TPSA) is 30.9 Å². The molecule has 4 heteroatoms. The van der Waals surface area contributed by atoms with Crippen LogP contribution in [-0.2, 0) is 6.54 Å². The van der Waals surface area contributed by atoms with Crippen molar-refractivity contribution < 1.29 is 0 Å². The lowest BCUT2D eigenvalue weighted by Gasteiger charge is -2.22. The molecule has 0 saturated heterocycles. The van der Waals surface area contributed by atoms with Crippen molar-refractivity contribution in [2.45, 2.75) is 33.2 Å². The van der Waals surface area contributed by atoms with Gasteiger partial charge in [-0.05, 0) is 31.0 Å². The van der Waals surface area contributed by atoms with Gasteiger partial charge in [0.15, 0.2) is 5.96 Å². The van der Waals surface area contributed by atoms with Crippen LogP contribution in [0.5, 0.6) is 0 Å². The number of unbranched alkanes of at least 4 members (excludes halogenated alkanes) is 1. The minimum absolute atomic E-state index is 0.709. The second-order valence-electron chi connectivity index (χ2n) is 5.51. The van der Waals surface area contributed by atoms with Gasteiger partial charge in [-0.1, -0.05) is 25.5 Å². The number of nitrogens with zero attached hydrogens (tertiary/aromatic N) is 3. The number of hydrogen-bond acceptors (Lipinski definition) is 2. The molecule has 1 aromatic rings. The van der Waals surface area contributed by atoms with Crippen LogP contribution in [0.4, 0.5) is 5.69 Å². The highest BCUT2D eigenvalue weighted by Gasteiger charge is 2.05. The number of benzene rings is 1. The van der Waals surface area contributed by atoms with Crippen molar-refractivity contribution in [1.29, 1.82) is 0 Å². The average molecular weight is 290 g/mol. The van der Waals surface area contributed by atoms with Crippen LogP contribution in [0.2, 0.25) is 0 Å². The summed E-state index contributed by atoms with van der Waals surface area (Å²) in [7, 11) is 6.23. The molecule has 0 aliphatic rings. The van der Waals surface area contributed by atoms with E-state index in [1.807, 2.05) is 0 Å². The summed E-state index contributed by atoms with van der Waals surface area (Å²) in [5, 5.41) is 3.36. The van der Waals surface area contributed by atoms with Crippen LogP contribution in [0.15, 0.2) is 29.3 Å². The number of nitrogens with one attached hydrogen (secondary N) is 1. The van der Waals surface area contributed by atoms with E-state index in [1.165, 1.54) is 24.1 Å². The highest BCUT2D eigenvalue weighted by Crippen LogP contribution is 2.14. The molecule has 0 aliphatic heterocycles. The molecule has 1 N–H and O–H groups in total. The predicted molar refractivity (Wildman–Crippen MR) is 93.1 cm³/mol. The van der Waals surface area contributed by atoms with E-state index in [4.69, 9.17) is 4.99 Å². The Morgan fingerprint density at radius 1 is 1.19 bits per heavy atom. The monoisotopic (exact) mass is 290 g/mol. The lowest BCUT2D eigenvalue weighted by Crippen LogP contribution is -2.39. The molecule has 0 bridgehead atoms. The number of hydrogen-bond donors (Lipinski definition) is 1. The molecule has 0 aliphatic carbocycles. The quantitative estimate of drug-likeness (QED) is 0.619. The third kappa shape index (κ3) is 6.06. The second kappa shape index (κ2) is 9.27. The van der Waals surface area contributed by atoms with Crippen molar-refractivity contribution in [3.63, 3.8) is 0 Å². The zero-order valence-corrected chi connectivity index (χ0v) is 14.2. The molecule has 0 amide bonds. The first-order valence-corrected chi connectivity index (χ1v) is 7.84. The Bertz CT molecular complexity index is 440. The summed E-state index contributed by atoms with van der Waals surface area (Å²) in [5.41, 5.74) is 2.45. The third-order valence-electron chi connectivity index (χ3n) is 3.38. The molecule has 21 heavy (non-hydrogen) atoms. The summed E-state index contributed by atoms with van der Waals surface area (Å²) < 4.78 is 0. The molecule has 0 radical (unpaired) electrons. The van der Waals surface area contributed by atoms with Crippen molar-refractivity contribution in [2.75, 3.05) is 39.1 Å². The van der Waals surface area contributed by atoms with Crippen LogP contribution in [-0.4, -0.2) is 45.1 Å². The lowest BCUT2D eigenvalue weighted by atomic mass is 10.2. The van der Waals surface area contributed by atoms with Crippen LogP contribution in [0.1, 0.15) is 32.3 Å². The Morgan fingerprint density at radius 2 is 1.95 bits per heavy atom. The molecule has 0 unspecified atom stereocenters. The molecule has 0 heterocycles. The van der Waals surface area contributed by atoms with Crippen LogP contribution in [0.3, 0.4) is 0 Å². The van der Waals surface area contributed by atoms with Crippen molar-refractivity contribution in [3.05, 3.63) is 29.8 Å². The van der Waals surface area contributed by atoms with Gasteiger partial charge in [-0.25, -0.2) is 4.99 Å². The largest absolute Gasteiger partial charge is 0.378 e. The summed E-state index contributed by atoms with van der Waals surface area (Å²) >= 11 is 0. The SMILES string of the molecule is CCCCN(C)C(=NCc1cccc(N(C)C)c1)NCC. The zero-order valence-electron chi connectivity index (χ0n) is 14.2. The highest BCUT2D eigenvalue weighted by atomic mass is 15.3. The minimum atomic E-state index is 0.709. The first-order valence-electron chi connectivity index (χ1n) is 7.84. The molecule has 0 aromatic heterocycles. The summed E-state index contributed by atoms with van der Waals surface area (Å²) in [6.07, 6.45) is 2.39. The van der Waals surface area contributed by atoms with E-state index in [1.54, 1.807) is 0 Å². The van der Waals surface area contributed by atoms with Gasteiger partial charge in [0.05, 0.1) is 6.54 Å². The summed E-state index contributed by atoms with van der Waals surface area (Å²) in [6, 6.07) is 8.53. The van der Waals surface area contributed by atoms with E-state index in [9.17, 15) is 0 Å². The van der Waals surface area contributed by atoms with Crippen LogP contribution in [0, 0.1) is 0 Å². The normalized spacial score (nSPS) is 11.4. The molecule has 1 aromatic carbocycles. The van der Waals surface area contributed by atoms with E-state index in [0.717, 1.165) is 19.0 Å². The van der Waals surface area contributed by atoms with Crippen molar-refractivity contribution in [3.8, 4) is 0 Å². The van der Waals surface area contributed by atoms with Crippen molar-refractivity contribution >= 4 is 11.6 Å². The zero-order chi connectivity index (χ0) is 15.7. The Labute approximate surface area is 129 Å². The first-order chi connectivity index (χ1) is 10.1. The highest BCUT2D eigenvalue weighted by molar-refractivity contribution is 5.79. The summed E-state index contributed by atoms with van der Waals surface area (Å²) in [5.74, 6) is 0.987. The molecule has 0 spiro atoms. The fourth-order valence-corrected chi connectivity index (χ4v) is 2.07. The van der Waals surface area contributed by atoms with Gasteiger partial charge in [-0.3, -0.25) is 0 Å². The fourth-order valence-electron chi connectivity index (χ4n) is 2.07. The van der Waals surface area contributed by atoms with E-state index in [2.05, 4.69) is 74.4 Å². The second-order valence-corrected chi connectivity index (χ2v) is 5.51. The standard InChI is InChI=1S/C17H30N4/c1-6-8-12-21(5)17(18-7-2)19-14-15-10-9-11-16(13-15)20(3)4/h9-11,13H,6-8,12,14H2,1-5H3,(H,18,19). The average Bonchev–Trinajstić information content (AvgIpc) is 2.49. The van der Waals surface area contributed by atoms with Crippen molar-refractivity contribution in [1.82, 2.24) is 10.2 Å². The number of anilines is 1. The third-order valence-corrected chi connectivity index (χ3v) is 3.38. The Morgan fingerprint density at radius 3 is 2.57 bits per heavy atom. The molecule has 0 atom stereocenters. The smallest absolute Gasteiger partial charge is 0.193 e.